The van der Waals surface area contributed by atoms with Crippen molar-refractivity contribution in [1.82, 2.24) is 24.5 Å². The molecule has 7 nitrogen and oxygen atoms in total. The van der Waals surface area contributed by atoms with Gasteiger partial charge in [-0.3, -0.25) is 4.79 Å². The van der Waals surface area contributed by atoms with E-state index in [1.807, 2.05) is 36.7 Å². The Hall–Kier alpha value is -3.35. The first-order chi connectivity index (χ1) is 12.2. The van der Waals surface area contributed by atoms with Gasteiger partial charge in [-0.15, -0.1) is 0 Å². The minimum Gasteiger partial charge on any atom is -0.385 e. The number of aromatic amines is 2. The highest BCUT2D eigenvalue weighted by molar-refractivity contribution is 5.86. The topological polar surface area (TPSA) is 91.4 Å². The summed E-state index contributed by atoms with van der Waals surface area (Å²) in [6.45, 7) is 4.72. The van der Waals surface area contributed by atoms with Crippen LogP contribution >= 0.6 is 0 Å². The number of benzene rings is 1. The number of nitrogens with one attached hydrogen (secondary N) is 3. The van der Waals surface area contributed by atoms with E-state index in [4.69, 9.17) is 0 Å². The fourth-order valence-electron chi connectivity index (χ4n) is 3.00. The lowest BCUT2D eigenvalue weighted by Crippen LogP contribution is -2.12. The van der Waals surface area contributed by atoms with Crippen LogP contribution in [0, 0.1) is 6.92 Å². The molecule has 0 radical (unpaired) electrons. The van der Waals surface area contributed by atoms with Crippen molar-refractivity contribution < 1.29 is 0 Å². The van der Waals surface area contributed by atoms with Gasteiger partial charge in [0.25, 0.3) is 5.56 Å². The maximum Gasteiger partial charge on any atom is 0.261 e. The molecule has 0 fully saturated rings. The largest absolute Gasteiger partial charge is 0.385 e. The summed E-state index contributed by atoms with van der Waals surface area (Å²) in [4.78, 5) is 27.1. The van der Waals surface area contributed by atoms with E-state index in [0.717, 1.165) is 34.5 Å². The Kier molecular flexibility index (Phi) is 3.61. The molecule has 0 atom stereocenters. The molecule has 126 valence electrons. The quantitative estimate of drug-likeness (QED) is 0.535. The monoisotopic (exact) mass is 334 g/mol. The molecule has 3 aromatic heterocycles. The molecule has 1 aromatic carbocycles. The molecule has 0 saturated carbocycles. The minimum atomic E-state index is -0.176. The Morgan fingerprint density at radius 1 is 1.32 bits per heavy atom. The van der Waals surface area contributed by atoms with Crippen molar-refractivity contribution in [1.29, 1.82) is 0 Å². The Balaban J connectivity index is 1.91. The van der Waals surface area contributed by atoms with E-state index in [1.54, 1.807) is 18.7 Å². The summed E-state index contributed by atoms with van der Waals surface area (Å²) in [5.41, 5.74) is 4.86. The molecular formula is C18H18N6O. The number of aromatic nitrogens is 5. The second-order valence-corrected chi connectivity index (χ2v) is 5.84. The average molecular weight is 334 g/mol. The van der Waals surface area contributed by atoms with Gasteiger partial charge < -0.3 is 19.9 Å². The molecule has 0 aliphatic carbocycles. The van der Waals surface area contributed by atoms with Crippen LogP contribution in [0.1, 0.15) is 12.5 Å². The summed E-state index contributed by atoms with van der Waals surface area (Å²) in [5, 5.41) is 3.22. The number of anilines is 1. The van der Waals surface area contributed by atoms with Gasteiger partial charge in [0.15, 0.2) is 0 Å². The van der Waals surface area contributed by atoms with Crippen LogP contribution in [-0.2, 0) is 0 Å². The molecular weight excluding hydrogens is 316 g/mol. The molecule has 25 heavy (non-hydrogen) atoms. The SMILES string of the molecule is CCNc1cc[nH]c(=O)c1-c1nc2c(C)cc(-n3ccnc3)cc2[nH]1. The van der Waals surface area contributed by atoms with Gasteiger partial charge in [0, 0.05) is 30.8 Å². The van der Waals surface area contributed by atoms with E-state index in [1.165, 1.54) is 0 Å². The van der Waals surface area contributed by atoms with Crippen molar-refractivity contribution in [2.24, 2.45) is 0 Å². The van der Waals surface area contributed by atoms with Crippen LogP contribution in [0.2, 0.25) is 0 Å². The van der Waals surface area contributed by atoms with Gasteiger partial charge in [-0.1, -0.05) is 0 Å². The molecule has 4 rings (SSSR count). The zero-order valence-corrected chi connectivity index (χ0v) is 14.0. The van der Waals surface area contributed by atoms with Gasteiger partial charge in [0.05, 0.1) is 23.0 Å². The zero-order chi connectivity index (χ0) is 17.4. The normalized spacial score (nSPS) is 11.1. The van der Waals surface area contributed by atoms with Crippen molar-refractivity contribution in [3.8, 4) is 17.1 Å². The molecule has 0 amide bonds. The van der Waals surface area contributed by atoms with Crippen LogP contribution in [-0.4, -0.2) is 31.0 Å². The van der Waals surface area contributed by atoms with E-state index in [2.05, 4.69) is 31.3 Å². The lowest BCUT2D eigenvalue weighted by Gasteiger charge is -2.06. The van der Waals surface area contributed by atoms with Gasteiger partial charge in [0.2, 0.25) is 0 Å². The molecule has 0 unspecified atom stereocenters. The summed E-state index contributed by atoms with van der Waals surface area (Å²) in [6.07, 6.45) is 7.02. The number of H-pyrrole nitrogens is 2. The van der Waals surface area contributed by atoms with Crippen molar-refractivity contribution in [2.75, 3.05) is 11.9 Å². The number of imidazole rings is 2. The second-order valence-electron chi connectivity index (χ2n) is 5.84. The van der Waals surface area contributed by atoms with Gasteiger partial charge in [0.1, 0.15) is 11.4 Å². The van der Waals surface area contributed by atoms with E-state index in [0.29, 0.717) is 11.4 Å². The molecule has 0 aliphatic rings. The number of hydrogen-bond acceptors (Lipinski definition) is 4. The fourth-order valence-corrected chi connectivity index (χ4v) is 3.00. The van der Waals surface area contributed by atoms with Crippen LogP contribution < -0.4 is 10.9 Å². The summed E-state index contributed by atoms with van der Waals surface area (Å²) < 4.78 is 1.94. The first-order valence-electron chi connectivity index (χ1n) is 8.12. The lowest BCUT2D eigenvalue weighted by atomic mass is 10.2. The zero-order valence-electron chi connectivity index (χ0n) is 14.0. The summed E-state index contributed by atoms with van der Waals surface area (Å²) in [7, 11) is 0. The van der Waals surface area contributed by atoms with Crippen LogP contribution in [0.4, 0.5) is 5.69 Å². The van der Waals surface area contributed by atoms with Crippen LogP contribution in [0.15, 0.2) is 47.9 Å². The number of pyridine rings is 1. The Morgan fingerprint density at radius 2 is 2.20 bits per heavy atom. The first-order valence-corrected chi connectivity index (χ1v) is 8.12. The third-order valence-corrected chi connectivity index (χ3v) is 4.13. The third kappa shape index (κ3) is 2.59. The molecule has 0 spiro atoms. The third-order valence-electron chi connectivity index (χ3n) is 4.13. The Morgan fingerprint density at radius 3 is 2.96 bits per heavy atom. The van der Waals surface area contributed by atoms with Crippen molar-refractivity contribution >= 4 is 16.7 Å². The maximum absolute atomic E-state index is 12.4. The predicted octanol–water partition coefficient (Wildman–Crippen LogP) is 2.84. The number of nitrogens with zero attached hydrogens (tertiary/aromatic N) is 3. The summed E-state index contributed by atoms with van der Waals surface area (Å²) in [6, 6.07) is 5.90. The maximum atomic E-state index is 12.4. The smallest absolute Gasteiger partial charge is 0.261 e. The summed E-state index contributed by atoms with van der Waals surface area (Å²) in [5.74, 6) is 0.554. The van der Waals surface area contributed by atoms with Crippen LogP contribution in [0.3, 0.4) is 0 Å². The first kappa shape index (κ1) is 15.2. The molecule has 3 N–H and O–H groups in total. The van der Waals surface area contributed by atoms with Gasteiger partial charge in [-0.2, -0.15) is 0 Å². The number of aryl methyl sites for hydroxylation is 1. The fraction of sp³-hybridized carbons (Fsp3) is 0.167. The van der Waals surface area contributed by atoms with Gasteiger partial charge in [-0.05, 0) is 37.6 Å². The van der Waals surface area contributed by atoms with Crippen molar-refractivity contribution in [3.05, 3.63) is 59.0 Å². The van der Waals surface area contributed by atoms with Crippen molar-refractivity contribution in [3.63, 3.8) is 0 Å². The van der Waals surface area contributed by atoms with Gasteiger partial charge in [-0.25, -0.2) is 9.97 Å². The molecule has 0 bridgehead atoms. The molecule has 7 heteroatoms. The predicted molar refractivity (Wildman–Crippen MR) is 98.2 cm³/mol. The lowest BCUT2D eigenvalue weighted by molar-refractivity contribution is 1.06. The molecule has 0 aliphatic heterocycles. The highest BCUT2D eigenvalue weighted by atomic mass is 16.1. The molecule has 3 heterocycles. The van der Waals surface area contributed by atoms with Gasteiger partial charge >= 0.3 is 0 Å². The average Bonchev–Trinajstić information content (AvgIpc) is 3.24. The van der Waals surface area contributed by atoms with Crippen molar-refractivity contribution in [2.45, 2.75) is 13.8 Å². The molecule has 4 aromatic rings. The van der Waals surface area contributed by atoms with E-state index in [-0.39, 0.29) is 5.56 Å². The van der Waals surface area contributed by atoms with E-state index >= 15 is 0 Å². The molecule has 0 saturated heterocycles. The number of fused-ring (bicyclic) bond motifs is 1. The standard InChI is InChI=1S/C18H18N6O/c1-3-20-13-4-5-21-18(25)15(13)17-22-14-9-12(24-7-6-19-10-24)8-11(2)16(14)23-17/h4-10H,3H2,1-2H3,(H,22,23)(H2,20,21,25). The van der Waals surface area contributed by atoms with E-state index < -0.39 is 0 Å². The Bertz CT molecular complexity index is 1090. The number of rotatable bonds is 4. The van der Waals surface area contributed by atoms with Crippen LogP contribution in [0.5, 0.6) is 0 Å². The van der Waals surface area contributed by atoms with E-state index in [9.17, 15) is 4.79 Å². The summed E-state index contributed by atoms with van der Waals surface area (Å²) >= 11 is 0. The Labute approximate surface area is 143 Å². The number of hydrogen-bond donors (Lipinski definition) is 3. The highest BCUT2D eigenvalue weighted by Crippen LogP contribution is 2.27. The van der Waals surface area contributed by atoms with Crippen LogP contribution in [0.25, 0.3) is 28.1 Å². The second kappa shape index (κ2) is 5.94. The highest BCUT2D eigenvalue weighted by Gasteiger charge is 2.15. The minimum absolute atomic E-state index is 0.176.